The van der Waals surface area contributed by atoms with Crippen LogP contribution in [-0.2, 0) is 13.2 Å². The molecule has 0 aliphatic rings. The Morgan fingerprint density at radius 2 is 1.88 bits per heavy atom. The number of aromatic nitrogens is 3. The number of nitrogens with zero attached hydrogens (tertiary/aromatic N) is 3. The van der Waals surface area contributed by atoms with E-state index in [4.69, 9.17) is 0 Å². The van der Waals surface area contributed by atoms with Gasteiger partial charge in [0.05, 0.1) is 23.8 Å². The molecule has 6 heteroatoms. The summed E-state index contributed by atoms with van der Waals surface area (Å²) >= 11 is 0. The number of hydrogen-bond donors (Lipinski definition) is 0. The van der Waals surface area contributed by atoms with Crippen molar-refractivity contribution in [3.63, 3.8) is 0 Å². The van der Waals surface area contributed by atoms with E-state index in [9.17, 15) is 13.2 Å². The third-order valence-electron chi connectivity index (χ3n) is 4.12. The van der Waals surface area contributed by atoms with Gasteiger partial charge in [0.15, 0.2) is 11.9 Å². The number of alkyl halides is 3. The zero-order valence-corrected chi connectivity index (χ0v) is 13.6. The first kappa shape index (κ1) is 16.2. The van der Waals surface area contributed by atoms with Crippen molar-refractivity contribution in [3.8, 4) is 16.9 Å². The number of pyridine rings is 1. The molecule has 0 amide bonds. The maximum Gasteiger partial charge on any atom is 0.416 e. The molecular formula is C18H17F3N3+. The first-order valence-electron chi connectivity index (χ1n) is 7.45. The molecule has 2 aromatic heterocycles. The molecule has 0 saturated heterocycles. The summed E-state index contributed by atoms with van der Waals surface area (Å²) in [4.78, 5) is 4.03. The van der Waals surface area contributed by atoms with Crippen LogP contribution in [0, 0.1) is 13.8 Å². The lowest BCUT2D eigenvalue weighted by Crippen LogP contribution is -2.35. The summed E-state index contributed by atoms with van der Waals surface area (Å²) in [6.45, 7) is 3.70. The van der Waals surface area contributed by atoms with Crippen LogP contribution < -0.4 is 4.57 Å². The molecule has 2 heterocycles. The lowest BCUT2D eigenvalue weighted by molar-refractivity contribution is -0.603. The SMILES string of the molecule is Cc1c(-c2cncn2C)cc(C(F)(F)F)cc1-[n+]1ccccc1C. The van der Waals surface area contributed by atoms with Gasteiger partial charge >= 0.3 is 6.18 Å². The number of imidazole rings is 1. The van der Waals surface area contributed by atoms with Crippen LogP contribution in [0.4, 0.5) is 13.2 Å². The summed E-state index contributed by atoms with van der Waals surface area (Å²) in [5, 5.41) is 0. The van der Waals surface area contributed by atoms with E-state index in [0.29, 0.717) is 16.9 Å². The topological polar surface area (TPSA) is 21.7 Å². The molecule has 3 nitrogen and oxygen atoms in total. The molecule has 0 N–H and O–H groups in total. The molecule has 0 fully saturated rings. The average Bonchev–Trinajstić information content (AvgIpc) is 2.93. The minimum Gasteiger partial charge on any atom is -0.334 e. The monoisotopic (exact) mass is 332 g/mol. The van der Waals surface area contributed by atoms with Crippen molar-refractivity contribution in [2.24, 2.45) is 7.05 Å². The van der Waals surface area contributed by atoms with Gasteiger partial charge in [0.25, 0.3) is 0 Å². The second-order valence-corrected chi connectivity index (χ2v) is 5.77. The highest BCUT2D eigenvalue weighted by Crippen LogP contribution is 2.35. The third kappa shape index (κ3) is 2.79. The van der Waals surface area contributed by atoms with Crippen molar-refractivity contribution in [2.75, 3.05) is 0 Å². The number of halogens is 3. The van der Waals surface area contributed by atoms with Gasteiger partial charge in [0.2, 0.25) is 5.69 Å². The standard InChI is InChI=1S/C18H17F3N3/c1-12-6-4-5-7-24(12)16-9-14(18(19,20)21)8-15(13(16)2)17-10-22-11-23(17)3/h4-11H,1-3H3/q+1. The molecule has 0 radical (unpaired) electrons. The first-order chi connectivity index (χ1) is 11.3. The zero-order chi connectivity index (χ0) is 17.5. The van der Waals surface area contributed by atoms with Crippen LogP contribution >= 0.6 is 0 Å². The van der Waals surface area contributed by atoms with Crippen molar-refractivity contribution in [3.05, 3.63) is 65.9 Å². The third-order valence-corrected chi connectivity index (χ3v) is 4.12. The fraction of sp³-hybridized carbons (Fsp3) is 0.222. The van der Waals surface area contributed by atoms with E-state index in [2.05, 4.69) is 4.98 Å². The Morgan fingerprint density at radius 3 is 2.46 bits per heavy atom. The van der Waals surface area contributed by atoms with E-state index in [1.165, 1.54) is 12.1 Å². The van der Waals surface area contributed by atoms with Crippen LogP contribution in [0.1, 0.15) is 16.8 Å². The molecule has 0 unspecified atom stereocenters. The Morgan fingerprint density at radius 1 is 1.12 bits per heavy atom. The minimum absolute atomic E-state index is 0.513. The lowest BCUT2D eigenvalue weighted by Gasteiger charge is -2.14. The van der Waals surface area contributed by atoms with E-state index >= 15 is 0 Å². The molecule has 3 aromatic rings. The van der Waals surface area contributed by atoms with Crippen LogP contribution in [0.5, 0.6) is 0 Å². The predicted octanol–water partition coefficient (Wildman–Crippen LogP) is 4.00. The van der Waals surface area contributed by atoms with Crippen molar-refractivity contribution in [1.82, 2.24) is 9.55 Å². The minimum atomic E-state index is -4.42. The van der Waals surface area contributed by atoms with Gasteiger partial charge in [-0.1, -0.05) is 6.07 Å². The predicted molar refractivity (Wildman–Crippen MR) is 84.7 cm³/mol. The van der Waals surface area contributed by atoms with Crippen molar-refractivity contribution in [2.45, 2.75) is 20.0 Å². The molecule has 0 spiro atoms. The molecule has 0 saturated carbocycles. The second-order valence-electron chi connectivity index (χ2n) is 5.77. The fourth-order valence-electron chi connectivity index (χ4n) is 2.79. The van der Waals surface area contributed by atoms with Gasteiger partial charge in [-0.3, -0.25) is 0 Å². The average molecular weight is 332 g/mol. The van der Waals surface area contributed by atoms with Gasteiger partial charge in [-0.05, 0) is 13.0 Å². The van der Waals surface area contributed by atoms with Gasteiger partial charge in [-0.2, -0.15) is 17.7 Å². The second kappa shape index (κ2) is 5.78. The van der Waals surface area contributed by atoms with E-state index < -0.39 is 11.7 Å². The molecule has 0 aliphatic carbocycles. The van der Waals surface area contributed by atoms with Crippen LogP contribution in [0.3, 0.4) is 0 Å². The number of benzene rings is 1. The highest BCUT2D eigenvalue weighted by Gasteiger charge is 2.34. The lowest BCUT2D eigenvalue weighted by atomic mass is 9.99. The smallest absolute Gasteiger partial charge is 0.334 e. The van der Waals surface area contributed by atoms with Crippen LogP contribution in [0.25, 0.3) is 16.9 Å². The molecular weight excluding hydrogens is 315 g/mol. The van der Waals surface area contributed by atoms with Gasteiger partial charge in [0, 0.05) is 43.3 Å². The fourth-order valence-corrected chi connectivity index (χ4v) is 2.79. The van der Waals surface area contributed by atoms with E-state index in [1.54, 1.807) is 41.0 Å². The molecule has 0 bridgehead atoms. The van der Waals surface area contributed by atoms with Crippen LogP contribution in [0.2, 0.25) is 0 Å². The molecule has 1 aromatic carbocycles. The van der Waals surface area contributed by atoms with Crippen LogP contribution in [-0.4, -0.2) is 9.55 Å². The van der Waals surface area contributed by atoms with Gasteiger partial charge in [-0.15, -0.1) is 0 Å². The Balaban J connectivity index is 2.34. The Labute approximate surface area is 138 Å². The van der Waals surface area contributed by atoms with E-state index in [-0.39, 0.29) is 0 Å². The quantitative estimate of drug-likeness (QED) is 0.650. The maximum absolute atomic E-state index is 13.4. The molecule has 3 rings (SSSR count). The molecule has 0 atom stereocenters. The summed E-state index contributed by atoms with van der Waals surface area (Å²) in [6.07, 6.45) is 0.508. The van der Waals surface area contributed by atoms with Crippen LogP contribution in [0.15, 0.2) is 49.1 Å². The summed E-state index contributed by atoms with van der Waals surface area (Å²) in [7, 11) is 1.77. The first-order valence-corrected chi connectivity index (χ1v) is 7.45. The summed E-state index contributed by atoms with van der Waals surface area (Å²) in [6, 6.07) is 7.91. The zero-order valence-electron chi connectivity index (χ0n) is 13.6. The van der Waals surface area contributed by atoms with Gasteiger partial charge < -0.3 is 4.57 Å². The summed E-state index contributed by atoms with van der Waals surface area (Å²) in [5.41, 5.74) is 2.64. The molecule has 124 valence electrons. The van der Waals surface area contributed by atoms with E-state index in [1.807, 2.05) is 26.0 Å². The number of hydrogen-bond acceptors (Lipinski definition) is 1. The van der Waals surface area contributed by atoms with Crippen molar-refractivity contribution in [1.29, 1.82) is 0 Å². The molecule has 0 aliphatic heterocycles. The molecule has 24 heavy (non-hydrogen) atoms. The Hall–Kier alpha value is -2.63. The van der Waals surface area contributed by atoms with Crippen molar-refractivity contribution < 1.29 is 17.7 Å². The highest BCUT2D eigenvalue weighted by atomic mass is 19.4. The maximum atomic E-state index is 13.4. The number of rotatable bonds is 2. The summed E-state index contributed by atoms with van der Waals surface area (Å²) < 4.78 is 43.7. The Kier molecular flexibility index (Phi) is 3.91. The van der Waals surface area contributed by atoms with Gasteiger partial charge in [-0.25, -0.2) is 4.98 Å². The largest absolute Gasteiger partial charge is 0.416 e. The van der Waals surface area contributed by atoms with Crippen molar-refractivity contribution >= 4 is 0 Å². The summed E-state index contributed by atoms with van der Waals surface area (Å²) in [5.74, 6) is 0. The Bertz CT molecular complexity index is 895. The number of aryl methyl sites for hydroxylation is 2. The van der Waals surface area contributed by atoms with Gasteiger partial charge in [0.1, 0.15) is 0 Å². The van der Waals surface area contributed by atoms with E-state index in [0.717, 1.165) is 11.3 Å². The highest BCUT2D eigenvalue weighted by molar-refractivity contribution is 5.68. The normalized spacial score (nSPS) is 11.8.